The van der Waals surface area contributed by atoms with Gasteiger partial charge in [0.05, 0.1) is 18.8 Å². The number of aliphatic hydroxyl groups excluding tert-OH is 4. The van der Waals surface area contributed by atoms with Crippen molar-refractivity contribution in [2.24, 2.45) is 0 Å². The average molecular weight is 828 g/mol. The third kappa shape index (κ3) is 41.2. The van der Waals surface area contributed by atoms with E-state index >= 15 is 0 Å². The minimum Gasteiger partial charge on any atom is -0.394 e. The summed E-state index contributed by atoms with van der Waals surface area (Å²) in [6.07, 6.45) is 59.7. The van der Waals surface area contributed by atoms with E-state index in [9.17, 15) is 25.2 Å². The van der Waals surface area contributed by atoms with Crippen LogP contribution in [0.4, 0.5) is 0 Å². The van der Waals surface area contributed by atoms with Crippen LogP contribution in [0.15, 0.2) is 60.8 Å². The zero-order valence-corrected chi connectivity index (χ0v) is 38.7. The lowest BCUT2D eigenvalue weighted by Gasteiger charge is -2.27. The Labute approximate surface area is 365 Å². The maximum absolute atomic E-state index is 12.6. The quantitative estimate of drug-likeness (QED) is 0.0310. The van der Waals surface area contributed by atoms with E-state index in [1.807, 2.05) is 0 Å². The van der Waals surface area contributed by atoms with Gasteiger partial charge < -0.3 is 25.7 Å². The Morgan fingerprint density at radius 2 is 0.763 bits per heavy atom. The van der Waals surface area contributed by atoms with Gasteiger partial charge >= 0.3 is 0 Å². The Morgan fingerprint density at radius 3 is 1.17 bits per heavy atom. The molecule has 0 aromatic heterocycles. The Hall–Kier alpha value is -1.99. The molecule has 59 heavy (non-hydrogen) atoms. The number of unbranched alkanes of at least 4 members (excludes halogenated alkanes) is 26. The molecule has 0 fully saturated rings. The standard InChI is InChI=1S/C53H97NO5/c1-3-5-7-9-11-13-15-17-19-21-23-24-25-26-27-29-31-33-35-37-39-41-43-45-47-51(57)53(59)54-49(48-55)52(58)50(56)46-44-42-40-38-36-34-32-30-28-22-20-18-16-14-12-10-8-6-4-2/h18,20,23-24,26-27,30,32,38,40,49-52,55-58H,3-17,19,21-22,25,28-29,31,33-37,39,41-48H2,1-2H3,(H,54,59)/b20-18+,24-23-,27-26-,32-30+,40-38+. The smallest absolute Gasteiger partial charge is 0.249 e. The summed E-state index contributed by atoms with van der Waals surface area (Å²) in [7, 11) is 0. The van der Waals surface area contributed by atoms with Crippen molar-refractivity contribution in [2.75, 3.05) is 6.61 Å². The number of allylic oxidation sites excluding steroid dienone is 10. The highest BCUT2D eigenvalue weighted by molar-refractivity contribution is 5.80. The van der Waals surface area contributed by atoms with Crippen molar-refractivity contribution in [1.82, 2.24) is 5.32 Å². The van der Waals surface area contributed by atoms with Crippen LogP contribution in [0.2, 0.25) is 0 Å². The predicted octanol–water partition coefficient (Wildman–Crippen LogP) is 14.0. The predicted molar refractivity (Wildman–Crippen MR) is 256 cm³/mol. The average Bonchev–Trinajstić information content (AvgIpc) is 3.24. The minimum absolute atomic E-state index is 0.349. The molecule has 0 radical (unpaired) electrons. The van der Waals surface area contributed by atoms with E-state index in [1.54, 1.807) is 0 Å². The molecule has 0 saturated carbocycles. The van der Waals surface area contributed by atoms with Gasteiger partial charge in [0.25, 0.3) is 0 Å². The van der Waals surface area contributed by atoms with Gasteiger partial charge in [0.2, 0.25) is 5.91 Å². The second-order valence-corrected chi connectivity index (χ2v) is 17.1. The van der Waals surface area contributed by atoms with E-state index in [2.05, 4.69) is 79.9 Å². The first-order valence-corrected chi connectivity index (χ1v) is 25.2. The van der Waals surface area contributed by atoms with Crippen molar-refractivity contribution < 1.29 is 25.2 Å². The lowest BCUT2D eigenvalue weighted by Crippen LogP contribution is -2.53. The molecule has 4 atom stereocenters. The Bertz CT molecular complexity index is 1020. The number of rotatable bonds is 45. The van der Waals surface area contributed by atoms with Crippen LogP contribution in [0.25, 0.3) is 0 Å². The largest absolute Gasteiger partial charge is 0.394 e. The molecule has 1 amide bonds. The van der Waals surface area contributed by atoms with Gasteiger partial charge in [-0.15, -0.1) is 0 Å². The maximum Gasteiger partial charge on any atom is 0.249 e. The summed E-state index contributed by atoms with van der Waals surface area (Å²) in [4.78, 5) is 12.6. The van der Waals surface area contributed by atoms with Crippen molar-refractivity contribution in [1.29, 1.82) is 0 Å². The molecule has 5 N–H and O–H groups in total. The fourth-order valence-corrected chi connectivity index (χ4v) is 7.41. The van der Waals surface area contributed by atoms with Crippen LogP contribution in [0.3, 0.4) is 0 Å². The Balaban J connectivity index is 3.78. The van der Waals surface area contributed by atoms with Crippen LogP contribution in [-0.2, 0) is 4.79 Å². The normalized spacial score (nSPS) is 14.5. The molecule has 0 saturated heterocycles. The topological polar surface area (TPSA) is 110 Å². The lowest BCUT2D eigenvalue weighted by molar-refractivity contribution is -0.132. The van der Waals surface area contributed by atoms with E-state index in [0.29, 0.717) is 19.3 Å². The molecule has 0 bridgehead atoms. The van der Waals surface area contributed by atoms with Crippen LogP contribution in [0.5, 0.6) is 0 Å². The molecule has 6 heteroatoms. The first-order valence-electron chi connectivity index (χ1n) is 25.2. The van der Waals surface area contributed by atoms with Crippen molar-refractivity contribution in [2.45, 2.75) is 263 Å². The zero-order chi connectivity index (χ0) is 43.1. The molecule has 0 spiro atoms. The van der Waals surface area contributed by atoms with Gasteiger partial charge in [0, 0.05) is 0 Å². The van der Waals surface area contributed by atoms with E-state index in [4.69, 9.17) is 0 Å². The number of carbonyl (C=O) groups is 1. The van der Waals surface area contributed by atoms with E-state index in [0.717, 1.165) is 64.2 Å². The van der Waals surface area contributed by atoms with Crippen LogP contribution in [0.1, 0.15) is 239 Å². The first-order chi connectivity index (χ1) is 29.0. The molecule has 0 heterocycles. The van der Waals surface area contributed by atoms with Crippen LogP contribution < -0.4 is 5.32 Å². The van der Waals surface area contributed by atoms with Crippen LogP contribution in [-0.4, -0.2) is 57.3 Å². The van der Waals surface area contributed by atoms with E-state index < -0.39 is 36.9 Å². The van der Waals surface area contributed by atoms with Gasteiger partial charge in [-0.1, -0.05) is 203 Å². The molecular weight excluding hydrogens is 731 g/mol. The fraction of sp³-hybridized carbons (Fsp3) is 0.792. The summed E-state index contributed by atoms with van der Waals surface area (Å²) in [6, 6.07) is -1.02. The number of hydrogen-bond acceptors (Lipinski definition) is 5. The van der Waals surface area contributed by atoms with Gasteiger partial charge in [-0.3, -0.25) is 4.79 Å². The van der Waals surface area contributed by atoms with Gasteiger partial charge in [-0.2, -0.15) is 0 Å². The lowest BCUT2D eigenvalue weighted by atomic mass is 10.00. The Kier molecular flexibility index (Phi) is 45.5. The molecule has 0 aliphatic heterocycles. The highest BCUT2D eigenvalue weighted by Crippen LogP contribution is 2.15. The zero-order valence-electron chi connectivity index (χ0n) is 38.7. The number of aliphatic hydroxyl groups is 4. The molecule has 0 rings (SSSR count). The van der Waals surface area contributed by atoms with Gasteiger partial charge in [-0.05, 0) is 96.3 Å². The molecule has 0 aromatic carbocycles. The monoisotopic (exact) mass is 828 g/mol. The fourth-order valence-electron chi connectivity index (χ4n) is 7.41. The molecular formula is C53H97NO5. The van der Waals surface area contributed by atoms with Gasteiger partial charge in [0.1, 0.15) is 12.2 Å². The second kappa shape index (κ2) is 47.1. The van der Waals surface area contributed by atoms with Crippen LogP contribution >= 0.6 is 0 Å². The highest BCUT2D eigenvalue weighted by atomic mass is 16.3. The summed E-state index contributed by atoms with van der Waals surface area (Å²) in [6.45, 7) is 4.03. The van der Waals surface area contributed by atoms with Crippen molar-refractivity contribution in [3.8, 4) is 0 Å². The molecule has 0 aliphatic carbocycles. The van der Waals surface area contributed by atoms with Gasteiger partial charge in [0.15, 0.2) is 0 Å². The van der Waals surface area contributed by atoms with Crippen molar-refractivity contribution in [3.05, 3.63) is 60.8 Å². The molecule has 0 aromatic rings. The Morgan fingerprint density at radius 1 is 0.424 bits per heavy atom. The highest BCUT2D eigenvalue weighted by Gasteiger charge is 2.28. The van der Waals surface area contributed by atoms with E-state index in [1.165, 1.54) is 141 Å². The summed E-state index contributed by atoms with van der Waals surface area (Å²) in [5.41, 5.74) is 0. The first kappa shape index (κ1) is 57.0. The maximum atomic E-state index is 12.6. The molecule has 344 valence electrons. The number of hydrogen-bond donors (Lipinski definition) is 5. The minimum atomic E-state index is -1.30. The van der Waals surface area contributed by atoms with Crippen LogP contribution in [0, 0.1) is 0 Å². The number of nitrogens with one attached hydrogen (secondary N) is 1. The molecule has 6 nitrogen and oxygen atoms in total. The third-order valence-electron chi connectivity index (χ3n) is 11.4. The summed E-state index contributed by atoms with van der Waals surface area (Å²) >= 11 is 0. The third-order valence-corrected chi connectivity index (χ3v) is 11.4. The summed E-state index contributed by atoms with van der Waals surface area (Å²) in [5, 5.41) is 43.8. The number of carbonyl (C=O) groups excluding carboxylic acids is 1. The number of amides is 1. The van der Waals surface area contributed by atoms with E-state index in [-0.39, 0.29) is 0 Å². The van der Waals surface area contributed by atoms with Crippen molar-refractivity contribution in [3.63, 3.8) is 0 Å². The SMILES string of the molecule is CCCCCCCC/C=C/CC/C=C/CC/C=C/CCCC(O)C(O)C(CO)NC(=O)C(O)CCCCCCCCCC/C=C\C/C=C\CCCCCCCCCCC. The summed E-state index contributed by atoms with van der Waals surface area (Å²) in [5.74, 6) is -0.605. The molecule has 4 unspecified atom stereocenters. The van der Waals surface area contributed by atoms with Crippen molar-refractivity contribution >= 4 is 5.91 Å². The molecule has 0 aliphatic rings. The summed E-state index contributed by atoms with van der Waals surface area (Å²) < 4.78 is 0. The van der Waals surface area contributed by atoms with Gasteiger partial charge in [-0.25, -0.2) is 0 Å². The second-order valence-electron chi connectivity index (χ2n) is 17.1.